The molecule has 2 aromatic heterocycles. The molecule has 9 nitrogen and oxygen atoms in total. The van der Waals surface area contributed by atoms with Crippen LogP contribution in [0, 0.1) is 5.41 Å². The number of pyridine rings is 1. The Labute approximate surface area is 208 Å². The van der Waals surface area contributed by atoms with Gasteiger partial charge in [0, 0.05) is 30.4 Å². The van der Waals surface area contributed by atoms with Gasteiger partial charge in [-0.05, 0) is 19.4 Å². The highest BCUT2D eigenvalue weighted by atomic mass is 19.4. The summed E-state index contributed by atoms with van der Waals surface area (Å²) in [5.41, 5.74) is -0.626. The Hall–Kier alpha value is -3.78. The second-order valence-corrected chi connectivity index (χ2v) is 7.57. The van der Waals surface area contributed by atoms with Crippen LogP contribution in [0.15, 0.2) is 30.6 Å². The van der Waals surface area contributed by atoms with E-state index in [0.717, 1.165) is 12.3 Å². The molecule has 2 rings (SSSR count). The first kappa shape index (κ1) is 29.5. The van der Waals surface area contributed by atoms with E-state index in [1.54, 1.807) is 0 Å². The number of nitrogens with zero attached hydrogens (tertiary/aromatic N) is 3. The van der Waals surface area contributed by atoms with Crippen molar-refractivity contribution in [2.24, 2.45) is 0 Å². The highest BCUT2D eigenvalue weighted by molar-refractivity contribution is 5.75. The molecule has 15 heteroatoms. The maximum atomic E-state index is 14.3. The molecule has 0 bridgehead atoms. The summed E-state index contributed by atoms with van der Waals surface area (Å²) in [5, 5.41) is 9.93. The molecule has 0 saturated carbocycles. The van der Waals surface area contributed by atoms with E-state index in [1.807, 2.05) is 0 Å². The molecule has 37 heavy (non-hydrogen) atoms. The third-order valence-corrected chi connectivity index (χ3v) is 5.14. The molecule has 0 radical (unpaired) electrons. The Balaban J connectivity index is 2.55. The summed E-state index contributed by atoms with van der Waals surface area (Å²) >= 11 is 0. The molecular weight excluding hydrogens is 510 g/mol. The number of aromatic amines is 1. The van der Waals surface area contributed by atoms with Gasteiger partial charge in [0.05, 0.1) is 31.8 Å². The monoisotopic (exact) mass is 536 g/mol. The fourth-order valence-electron chi connectivity index (χ4n) is 3.36. The first-order chi connectivity index (χ1) is 17.2. The number of ether oxygens (including phenoxy) is 2. The number of methoxy groups -OCH3 is 2. The van der Waals surface area contributed by atoms with Gasteiger partial charge in [0.2, 0.25) is 0 Å². The molecule has 0 aliphatic rings. The van der Waals surface area contributed by atoms with Crippen molar-refractivity contribution in [1.29, 1.82) is 5.41 Å². The number of aromatic nitrogens is 3. The second kappa shape index (κ2) is 12.0. The molecule has 3 N–H and O–H groups in total. The molecule has 0 spiro atoms. The average Bonchev–Trinajstić information content (AvgIpc) is 2.83. The number of hydrogen-bond donors (Lipinski definition) is 3. The zero-order chi connectivity index (χ0) is 28.0. The standard InChI is InChI=1S/C22H26F6N6O3/c1-5-12(7-8-21(23,24)25)32-20(35)34(6-2)17(22(26,27)28)14-9-13(16(36-3)11-30-14)15-10-31-18(29)19(33-15)37-4/h7-12,17H,5-6H2,1-4H3,(H2,29,31)(H,32,35)/b8-7+/t12?,17-/m0/s1. The molecule has 204 valence electrons. The lowest BCUT2D eigenvalue weighted by Crippen LogP contribution is -2.49. The second-order valence-electron chi connectivity index (χ2n) is 7.57. The van der Waals surface area contributed by atoms with Gasteiger partial charge >= 0.3 is 18.4 Å². The summed E-state index contributed by atoms with van der Waals surface area (Å²) in [4.78, 5) is 23.8. The van der Waals surface area contributed by atoms with E-state index in [9.17, 15) is 31.1 Å². The number of halogens is 6. The lowest BCUT2D eigenvalue weighted by atomic mass is 10.1. The van der Waals surface area contributed by atoms with Gasteiger partial charge in [0.25, 0.3) is 5.88 Å². The van der Waals surface area contributed by atoms with Crippen molar-refractivity contribution in [1.82, 2.24) is 25.2 Å². The number of rotatable bonds is 9. The van der Waals surface area contributed by atoms with E-state index in [-0.39, 0.29) is 40.9 Å². The molecule has 0 saturated heterocycles. The molecule has 2 amide bonds. The van der Waals surface area contributed by atoms with Gasteiger partial charge in [-0.3, -0.25) is 10.4 Å². The van der Waals surface area contributed by atoms with Crippen molar-refractivity contribution in [3.8, 4) is 22.9 Å². The first-order valence-corrected chi connectivity index (χ1v) is 10.9. The molecule has 0 aromatic carbocycles. The summed E-state index contributed by atoms with van der Waals surface area (Å²) in [5.74, 6) is -0.0708. The Morgan fingerprint density at radius 1 is 1.22 bits per heavy atom. The smallest absolute Gasteiger partial charge is 0.414 e. The number of hydrogen-bond acceptors (Lipinski definition) is 6. The Bertz CT molecular complexity index is 1160. The number of H-pyrrole nitrogens is 1. The minimum atomic E-state index is -5.00. The zero-order valence-electron chi connectivity index (χ0n) is 20.3. The maximum absolute atomic E-state index is 14.3. The van der Waals surface area contributed by atoms with Crippen molar-refractivity contribution in [2.75, 3.05) is 20.8 Å². The molecule has 0 fully saturated rings. The van der Waals surface area contributed by atoms with Crippen molar-refractivity contribution in [2.45, 2.75) is 44.7 Å². The van der Waals surface area contributed by atoms with Gasteiger partial charge in [-0.25, -0.2) is 9.78 Å². The van der Waals surface area contributed by atoms with Crippen molar-refractivity contribution in [3.05, 3.63) is 41.8 Å². The molecule has 0 aliphatic heterocycles. The minimum Gasteiger partial charge on any atom is -0.494 e. The summed E-state index contributed by atoms with van der Waals surface area (Å²) in [6.07, 6.45) is -6.77. The lowest BCUT2D eigenvalue weighted by Gasteiger charge is -2.33. The van der Waals surface area contributed by atoms with E-state index in [1.165, 1.54) is 34.3 Å². The van der Waals surface area contributed by atoms with Crippen molar-refractivity contribution in [3.63, 3.8) is 0 Å². The number of allylic oxidation sites excluding steroid dienone is 1. The van der Waals surface area contributed by atoms with Crippen LogP contribution < -0.4 is 20.3 Å². The number of alkyl halides is 6. The number of amides is 2. The molecule has 2 heterocycles. The van der Waals surface area contributed by atoms with Gasteiger partial charge in [0.15, 0.2) is 11.5 Å². The third-order valence-electron chi connectivity index (χ3n) is 5.14. The largest absolute Gasteiger partial charge is 0.494 e. The highest BCUT2D eigenvalue weighted by Crippen LogP contribution is 2.39. The van der Waals surface area contributed by atoms with E-state index in [2.05, 4.69) is 20.3 Å². The van der Waals surface area contributed by atoms with E-state index in [0.29, 0.717) is 11.0 Å². The van der Waals surface area contributed by atoms with E-state index in [4.69, 9.17) is 14.9 Å². The average molecular weight is 536 g/mol. The summed E-state index contributed by atoms with van der Waals surface area (Å²) in [7, 11) is 2.53. The van der Waals surface area contributed by atoms with Crippen LogP contribution in [0.3, 0.4) is 0 Å². The number of carbonyl (C=O) groups excluding carboxylic acids is 1. The molecule has 2 aromatic rings. The fourth-order valence-corrected chi connectivity index (χ4v) is 3.36. The van der Waals surface area contributed by atoms with Crippen molar-refractivity contribution >= 4 is 6.03 Å². The number of carbonyl (C=O) groups is 1. The quantitative estimate of drug-likeness (QED) is 0.322. The Morgan fingerprint density at radius 3 is 2.41 bits per heavy atom. The van der Waals surface area contributed by atoms with Gasteiger partial charge < -0.3 is 24.7 Å². The maximum Gasteiger partial charge on any atom is 0.414 e. The lowest BCUT2D eigenvalue weighted by molar-refractivity contribution is -0.179. The van der Waals surface area contributed by atoms with Crippen LogP contribution >= 0.6 is 0 Å². The zero-order valence-corrected chi connectivity index (χ0v) is 20.3. The molecular formula is C22H26F6N6O3. The summed E-state index contributed by atoms with van der Waals surface area (Å²) in [6, 6.07) is -3.90. The minimum absolute atomic E-state index is 0.00743. The van der Waals surface area contributed by atoms with Gasteiger partial charge in [0.1, 0.15) is 5.75 Å². The van der Waals surface area contributed by atoms with Gasteiger partial charge in [-0.2, -0.15) is 26.3 Å². The van der Waals surface area contributed by atoms with Gasteiger partial charge in [-0.15, -0.1) is 0 Å². The number of nitrogens with one attached hydrogen (secondary N) is 3. The van der Waals surface area contributed by atoms with Crippen molar-refractivity contribution < 1.29 is 40.6 Å². The van der Waals surface area contributed by atoms with Crippen LogP contribution in [0.1, 0.15) is 32.0 Å². The number of urea groups is 1. The normalized spacial score (nSPS) is 13.8. The predicted molar refractivity (Wildman–Crippen MR) is 120 cm³/mol. The van der Waals surface area contributed by atoms with Crippen LogP contribution in [-0.4, -0.2) is 65.0 Å². The Morgan fingerprint density at radius 2 is 1.89 bits per heavy atom. The predicted octanol–water partition coefficient (Wildman–Crippen LogP) is 4.50. The van der Waals surface area contributed by atoms with E-state index < -0.39 is 42.7 Å². The van der Waals surface area contributed by atoms with Crippen LogP contribution in [0.25, 0.3) is 11.3 Å². The summed E-state index contributed by atoms with van der Waals surface area (Å²) < 4.78 is 90.6. The first-order valence-electron chi connectivity index (χ1n) is 10.9. The third kappa shape index (κ3) is 7.60. The highest BCUT2D eigenvalue weighted by Gasteiger charge is 2.47. The Kier molecular flexibility index (Phi) is 9.53. The molecule has 2 atom stereocenters. The molecule has 0 aliphatic carbocycles. The topological polar surface area (TPSA) is 116 Å². The van der Waals surface area contributed by atoms with Gasteiger partial charge in [-0.1, -0.05) is 13.0 Å². The van der Waals surface area contributed by atoms with Crippen LogP contribution in [0.5, 0.6) is 11.6 Å². The molecule has 1 unspecified atom stereocenters. The van der Waals surface area contributed by atoms with Crippen LogP contribution in [0.4, 0.5) is 31.1 Å². The summed E-state index contributed by atoms with van der Waals surface area (Å²) in [6.45, 7) is 2.33. The van der Waals surface area contributed by atoms with Crippen LogP contribution in [-0.2, 0) is 0 Å². The van der Waals surface area contributed by atoms with E-state index >= 15 is 0 Å². The fraction of sp³-hybridized carbons (Fsp3) is 0.455. The van der Waals surface area contributed by atoms with Crippen LogP contribution in [0.2, 0.25) is 0 Å². The SMILES string of the molecule is CCC(/C=C/C(F)(F)F)NC(=O)N(CC)[C@@H](c1cc(-c2c[nH]c(=N)c(OC)n2)c(OC)cn1)C(F)(F)F.